The van der Waals surface area contributed by atoms with Crippen LogP contribution in [-0.2, 0) is 13.0 Å². The molecule has 0 saturated carbocycles. The maximum atomic E-state index is 13.1. The van der Waals surface area contributed by atoms with E-state index in [1.54, 1.807) is 34.0 Å². The van der Waals surface area contributed by atoms with Crippen molar-refractivity contribution in [3.63, 3.8) is 0 Å². The summed E-state index contributed by atoms with van der Waals surface area (Å²) in [5.74, 6) is -1.17. The van der Waals surface area contributed by atoms with E-state index in [9.17, 15) is 19.1 Å². The number of aromatic hydroxyl groups is 1. The van der Waals surface area contributed by atoms with Gasteiger partial charge in [-0.05, 0) is 31.5 Å². The molecular weight excluding hydrogens is 393 g/mol. The largest absolute Gasteiger partial charge is 0.503 e. The van der Waals surface area contributed by atoms with E-state index in [1.165, 1.54) is 23.5 Å². The summed E-state index contributed by atoms with van der Waals surface area (Å²) in [5, 5.41) is 11.0. The molecule has 4 rings (SSSR count). The van der Waals surface area contributed by atoms with Crippen molar-refractivity contribution in [3.05, 3.63) is 68.8 Å². The number of benzene rings is 1. The van der Waals surface area contributed by atoms with E-state index in [0.29, 0.717) is 24.5 Å². The number of hydrogen-bond acceptors (Lipinski definition) is 5. The lowest BCUT2D eigenvalue weighted by molar-refractivity contribution is 0.0619. The van der Waals surface area contributed by atoms with Gasteiger partial charge in [-0.15, -0.1) is 11.3 Å². The molecule has 150 valence electrons. The zero-order chi connectivity index (χ0) is 20.7. The molecule has 8 heteroatoms. The molecule has 6 nitrogen and oxygen atoms in total. The van der Waals surface area contributed by atoms with Gasteiger partial charge in [0.25, 0.3) is 5.91 Å². The molecule has 1 aliphatic heterocycles. The molecule has 29 heavy (non-hydrogen) atoms. The molecule has 3 aromatic rings. The summed E-state index contributed by atoms with van der Waals surface area (Å²) in [5.41, 5.74) is 0.636. The molecule has 1 aliphatic rings. The second-order valence-electron chi connectivity index (χ2n) is 7.10. The number of halogens is 1. The van der Waals surface area contributed by atoms with Crippen molar-refractivity contribution in [3.8, 4) is 16.3 Å². The molecule has 2 aromatic heterocycles. The van der Waals surface area contributed by atoms with Gasteiger partial charge < -0.3 is 14.6 Å². The van der Waals surface area contributed by atoms with Crippen LogP contribution in [0.15, 0.2) is 41.5 Å². The molecule has 1 aromatic carbocycles. The molecule has 1 atom stereocenters. The van der Waals surface area contributed by atoms with Crippen LogP contribution < -0.4 is 5.43 Å². The molecule has 0 spiro atoms. The van der Waals surface area contributed by atoms with Gasteiger partial charge in [0.1, 0.15) is 10.8 Å². The predicted octanol–water partition coefficient (Wildman–Crippen LogP) is 3.27. The van der Waals surface area contributed by atoms with Crippen LogP contribution in [0.5, 0.6) is 5.75 Å². The fraction of sp³-hybridized carbons (Fsp3) is 0.286. The maximum absolute atomic E-state index is 13.1. The highest BCUT2D eigenvalue weighted by Gasteiger charge is 2.33. The van der Waals surface area contributed by atoms with E-state index in [-0.39, 0.29) is 29.0 Å². The number of pyridine rings is 1. The lowest BCUT2D eigenvalue weighted by Gasteiger charge is -2.35. The van der Waals surface area contributed by atoms with E-state index in [4.69, 9.17) is 0 Å². The lowest BCUT2D eigenvalue weighted by atomic mass is 10.1. The van der Waals surface area contributed by atoms with Gasteiger partial charge in [0.05, 0.1) is 5.56 Å². The van der Waals surface area contributed by atoms with Crippen LogP contribution in [0.3, 0.4) is 0 Å². The van der Waals surface area contributed by atoms with Gasteiger partial charge in [0.15, 0.2) is 11.4 Å². The highest BCUT2D eigenvalue weighted by atomic mass is 32.1. The third-order valence-electron chi connectivity index (χ3n) is 5.13. The predicted molar refractivity (Wildman–Crippen MR) is 109 cm³/mol. The number of aromatic nitrogens is 2. The fourth-order valence-corrected chi connectivity index (χ4v) is 4.62. The van der Waals surface area contributed by atoms with Crippen molar-refractivity contribution in [2.45, 2.75) is 32.9 Å². The number of carbonyl (C=O) groups is 1. The quantitative estimate of drug-likeness (QED) is 0.712. The Morgan fingerprint density at radius 3 is 2.69 bits per heavy atom. The summed E-state index contributed by atoms with van der Waals surface area (Å²) >= 11 is 1.34. The van der Waals surface area contributed by atoms with Crippen LogP contribution in [0.2, 0.25) is 0 Å². The average Bonchev–Trinajstić information content (AvgIpc) is 3.14. The first-order valence-electron chi connectivity index (χ1n) is 9.36. The fourth-order valence-electron chi connectivity index (χ4n) is 3.66. The van der Waals surface area contributed by atoms with E-state index >= 15 is 0 Å². The maximum Gasteiger partial charge on any atom is 0.274 e. The molecule has 0 saturated heterocycles. The highest BCUT2D eigenvalue weighted by Crippen LogP contribution is 2.29. The monoisotopic (exact) mass is 413 g/mol. The Kier molecular flexibility index (Phi) is 4.96. The van der Waals surface area contributed by atoms with Gasteiger partial charge >= 0.3 is 0 Å². The highest BCUT2D eigenvalue weighted by molar-refractivity contribution is 7.15. The van der Waals surface area contributed by atoms with Crippen molar-refractivity contribution in [2.75, 3.05) is 6.54 Å². The van der Waals surface area contributed by atoms with Gasteiger partial charge in [-0.2, -0.15) is 0 Å². The van der Waals surface area contributed by atoms with Crippen LogP contribution in [0.4, 0.5) is 4.39 Å². The number of nitrogens with zero attached hydrogens (tertiary/aromatic N) is 3. The Balaban J connectivity index is 1.70. The number of thiazole rings is 1. The molecule has 0 aliphatic carbocycles. The second kappa shape index (κ2) is 7.44. The number of likely N-dealkylation sites (N-methyl/N-ethyl adjacent to an activating group) is 1. The van der Waals surface area contributed by atoms with Crippen LogP contribution >= 0.6 is 11.3 Å². The summed E-state index contributed by atoms with van der Waals surface area (Å²) in [6.45, 7) is 4.80. The first kappa shape index (κ1) is 19.3. The normalized spacial score (nSPS) is 16.2. The van der Waals surface area contributed by atoms with E-state index in [2.05, 4.69) is 4.98 Å². The molecule has 0 unspecified atom stereocenters. The van der Waals surface area contributed by atoms with Crippen LogP contribution in [0, 0.1) is 5.82 Å². The first-order valence-corrected chi connectivity index (χ1v) is 10.2. The molecular formula is C21H20FN3O3S. The summed E-state index contributed by atoms with van der Waals surface area (Å²) in [6, 6.07) is 6.19. The minimum absolute atomic E-state index is 0.0294. The zero-order valence-electron chi connectivity index (χ0n) is 16.1. The van der Waals surface area contributed by atoms with Gasteiger partial charge in [0, 0.05) is 42.8 Å². The van der Waals surface area contributed by atoms with Gasteiger partial charge in [-0.25, -0.2) is 9.37 Å². The number of amides is 1. The summed E-state index contributed by atoms with van der Waals surface area (Å²) < 4.78 is 14.7. The first-order chi connectivity index (χ1) is 13.9. The second-order valence-corrected chi connectivity index (χ2v) is 8.21. The minimum atomic E-state index is -0.599. The Bertz CT molecular complexity index is 1140. The Morgan fingerprint density at radius 2 is 2.00 bits per heavy atom. The lowest BCUT2D eigenvalue weighted by Crippen LogP contribution is -2.47. The Morgan fingerprint density at radius 1 is 1.28 bits per heavy atom. The standard InChI is InChI=1S/C21H20FN3O3S/c1-3-25-12(2)10-24-11-16(18(26)19(27)17(24)21(25)28)20-23-9-15(29-20)8-13-4-6-14(22)7-5-13/h4-7,9,11-12,27H,3,8,10H2,1-2H3/t12-/m1/s1. The average molecular weight is 413 g/mol. The summed E-state index contributed by atoms with van der Waals surface area (Å²) in [6.07, 6.45) is 3.85. The number of rotatable bonds is 4. The number of fused-ring (bicyclic) bond motifs is 1. The van der Waals surface area contributed by atoms with Gasteiger partial charge in [-0.1, -0.05) is 12.1 Å². The van der Waals surface area contributed by atoms with Crippen molar-refractivity contribution >= 4 is 17.2 Å². The third-order valence-corrected chi connectivity index (χ3v) is 6.16. The molecule has 1 amide bonds. The topological polar surface area (TPSA) is 75.4 Å². The van der Waals surface area contributed by atoms with Crippen molar-refractivity contribution in [1.82, 2.24) is 14.5 Å². The van der Waals surface area contributed by atoms with Crippen LogP contribution in [0.25, 0.3) is 10.6 Å². The third kappa shape index (κ3) is 3.44. The smallest absolute Gasteiger partial charge is 0.274 e. The molecule has 3 heterocycles. The van der Waals surface area contributed by atoms with Crippen LogP contribution in [0.1, 0.15) is 34.8 Å². The van der Waals surface area contributed by atoms with Crippen LogP contribution in [-0.4, -0.2) is 38.1 Å². The number of carbonyl (C=O) groups excluding carboxylic acids is 1. The Hall–Kier alpha value is -3.00. The summed E-state index contributed by atoms with van der Waals surface area (Å²) in [7, 11) is 0. The molecule has 0 bridgehead atoms. The van der Waals surface area contributed by atoms with Crippen molar-refractivity contribution < 1.29 is 14.3 Å². The minimum Gasteiger partial charge on any atom is -0.503 e. The summed E-state index contributed by atoms with van der Waals surface area (Å²) in [4.78, 5) is 32.3. The van der Waals surface area contributed by atoms with Crippen molar-refractivity contribution in [1.29, 1.82) is 0 Å². The van der Waals surface area contributed by atoms with Gasteiger partial charge in [0.2, 0.25) is 5.43 Å². The number of hydrogen-bond donors (Lipinski definition) is 1. The molecule has 0 radical (unpaired) electrons. The van der Waals surface area contributed by atoms with Crippen molar-refractivity contribution in [2.24, 2.45) is 0 Å². The SMILES string of the molecule is CCN1C(=O)c2c(O)c(=O)c(-c3ncc(Cc4ccc(F)cc4)s3)cn2C[C@H]1C. The van der Waals surface area contributed by atoms with E-state index < -0.39 is 11.2 Å². The molecule has 0 fully saturated rings. The van der Waals surface area contributed by atoms with Gasteiger partial charge in [-0.3, -0.25) is 9.59 Å². The zero-order valence-corrected chi connectivity index (χ0v) is 16.9. The van der Waals surface area contributed by atoms with E-state index in [1.807, 2.05) is 13.8 Å². The molecule has 1 N–H and O–H groups in total. The van der Waals surface area contributed by atoms with E-state index in [0.717, 1.165) is 10.4 Å². The Labute approximate surface area is 170 Å².